The van der Waals surface area contributed by atoms with Gasteiger partial charge in [0.05, 0.1) is 12.8 Å². The Kier molecular flexibility index (Phi) is 9.55. The molecular formula is C28H37BrN2O4. The summed E-state index contributed by atoms with van der Waals surface area (Å²) in [6.45, 7) is 15.6. The fourth-order valence-electron chi connectivity index (χ4n) is 4.27. The van der Waals surface area contributed by atoms with E-state index in [1.165, 1.54) is 7.11 Å². The van der Waals surface area contributed by atoms with Crippen LogP contribution < -0.4 is 10.2 Å². The van der Waals surface area contributed by atoms with Crippen LogP contribution in [-0.2, 0) is 19.8 Å². The summed E-state index contributed by atoms with van der Waals surface area (Å²) in [6, 6.07) is 13.3. The van der Waals surface area contributed by atoms with Crippen LogP contribution in [0.3, 0.4) is 0 Å². The zero-order chi connectivity index (χ0) is 26.4. The first-order valence-electron chi connectivity index (χ1n) is 11.8. The molecule has 2 unspecified atom stereocenters. The summed E-state index contributed by atoms with van der Waals surface area (Å²) in [5.41, 5.74) is 1.08. The number of amides is 1. The largest absolute Gasteiger partial charge is 0.467 e. The number of halogens is 1. The average Bonchev–Trinajstić information content (AvgIpc) is 2.81. The van der Waals surface area contributed by atoms with Crippen molar-refractivity contribution in [1.29, 1.82) is 0 Å². The van der Waals surface area contributed by atoms with Crippen molar-refractivity contribution in [3.8, 4) is 0 Å². The van der Waals surface area contributed by atoms with Crippen LogP contribution in [-0.4, -0.2) is 30.8 Å². The molecule has 7 heteroatoms. The molecule has 6 nitrogen and oxygen atoms in total. The van der Waals surface area contributed by atoms with Crippen LogP contribution in [0.25, 0.3) is 6.08 Å². The van der Waals surface area contributed by atoms with Gasteiger partial charge in [0.1, 0.15) is 5.60 Å². The lowest BCUT2D eigenvalue weighted by molar-refractivity contribution is -0.148. The highest BCUT2D eigenvalue weighted by atomic mass is 79.9. The Labute approximate surface area is 217 Å². The van der Waals surface area contributed by atoms with Gasteiger partial charge in [-0.2, -0.15) is 0 Å². The molecule has 0 fully saturated rings. The predicted octanol–water partition coefficient (Wildman–Crippen LogP) is 7.52. The van der Waals surface area contributed by atoms with Crippen LogP contribution in [0.5, 0.6) is 0 Å². The number of rotatable bonds is 9. The highest BCUT2D eigenvalue weighted by molar-refractivity contribution is 9.10. The Morgan fingerprint density at radius 1 is 1.14 bits per heavy atom. The summed E-state index contributed by atoms with van der Waals surface area (Å²) in [5, 5.41) is 2.85. The molecule has 0 saturated heterocycles. The van der Waals surface area contributed by atoms with E-state index in [4.69, 9.17) is 9.47 Å². The monoisotopic (exact) mass is 544 g/mol. The maximum Gasteiger partial charge on any atom is 0.412 e. The van der Waals surface area contributed by atoms with E-state index in [1.807, 2.05) is 64.1 Å². The lowest BCUT2D eigenvalue weighted by Crippen LogP contribution is -2.56. The number of carbonyl (C=O) groups excluding carboxylic acids is 2. The number of ether oxygens (including phenoxy) is 2. The quantitative estimate of drug-likeness (QED) is 0.330. The Morgan fingerprint density at radius 3 is 2.26 bits per heavy atom. The Balaban J connectivity index is 2.79. The zero-order valence-corrected chi connectivity index (χ0v) is 23.4. The third kappa shape index (κ3) is 6.26. The van der Waals surface area contributed by atoms with E-state index in [0.717, 1.165) is 22.1 Å². The summed E-state index contributed by atoms with van der Waals surface area (Å²) in [5.74, 6) is -0.358. The van der Waals surface area contributed by atoms with Crippen LogP contribution in [0.4, 0.5) is 16.2 Å². The standard InChI is InChI=1S/C28H37BrN2O4/c1-9-19(4)31(28(11-3,25(32)34-8)20-15-17-21(29)18-16-20)24-14-12-13-23(22(24)10-2)30-26(33)35-27(5,6)7/h10,12-19H,2,9,11H2,1,3-8H3,(H,30,33). The molecule has 0 aliphatic heterocycles. The smallest absolute Gasteiger partial charge is 0.412 e. The van der Waals surface area contributed by atoms with Crippen molar-refractivity contribution >= 4 is 45.4 Å². The van der Waals surface area contributed by atoms with Crippen LogP contribution in [0.1, 0.15) is 65.5 Å². The molecule has 0 aliphatic rings. The van der Waals surface area contributed by atoms with Gasteiger partial charge in [0, 0.05) is 21.8 Å². The fraction of sp³-hybridized carbons (Fsp3) is 0.429. The van der Waals surface area contributed by atoms with Gasteiger partial charge in [-0.1, -0.05) is 60.6 Å². The van der Waals surface area contributed by atoms with Gasteiger partial charge in [-0.25, -0.2) is 9.59 Å². The van der Waals surface area contributed by atoms with Gasteiger partial charge in [0.15, 0.2) is 5.54 Å². The molecule has 190 valence electrons. The molecule has 2 atom stereocenters. The Bertz CT molecular complexity index is 1050. The summed E-state index contributed by atoms with van der Waals surface area (Å²) in [7, 11) is 1.41. The first kappa shape index (κ1) is 28.4. The van der Waals surface area contributed by atoms with E-state index in [2.05, 4.69) is 46.6 Å². The predicted molar refractivity (Wildman–Crippen MR) is 147 cm³/mol. The van der Waals surface area contributed by atoms with Crippen LogP contribution in [0, 0.1) is 0 Å². The van der Waals surface area contributed by atoms with Crippen molar-refractivity contribution in [3.05, 3.63) is 64.6 Å². The van der Waals surface area contributed by atoms with Gasteiger partial charge in [0.25, 0.3) is 0 Å². The first-order valence-corrected chi connectivity index (χ1v) is 12.6. The molecule has 1 amide bonds. The van der Waals surface area contributed by atoms with Crippen molar-refractivity contribution in [2.24, 2.45) is 0 Å². The molecule has 2 aromatic rings. The van der Waals surface area contributed by atoms with E-state index in [0.29, 0.717) is 17.7 Å². The van der Waals surface area contributed by atoms with Crippen molar-refractivity contribution < 1.29 is 19.1 Å². The molecule has 0 spiro atoms. The number of benzene rings is 2. The van der Waals surface area contributed by atoms with E-state index in [9.17, 15) is 9.59 Å². The highest BCUT2D eigenvalue weighted by Gasteiger charge is 2.48. The van der Waals surface area contributed by atoms with Crippen LogP contribution >= 0.6 is 15.9 Å². The molecule has 0 radical (unpaired) electrons. The number of hydrogen-bond donors (Lipinski definition) is 1. The third-order valence-electron chi connectivity index (χ3n) is 5.98. The molecule has 0 heterocycles. The molecular weight excluding hydrogens is 508 g/mol. The molecule has 2 rings (SSSR count). The summed E-state index contributed by atoms with van der Waals surface area (Å²) in [4.78, 5) is 28.3. The van der Waals surface area contributed by atoms with Gasteiger partial charge in [-0.3, -0.25) is 5.32 Å². The van der Waals surface area contributed by atoms with Crippen LogP contribution in [0.15, 0.2) is 53.5 Å². The Hall–Kier alpha value is -2.80. The number of hydrogen-bond acceptors (Lipinski definition) is 5. The number of methoxy groups -OCH3 is 1. The summed E-state index contributed by atoms with van der Waals surface area (Å²) in [6.07, 6.45) is 2.37. The summed E-state index contributed by atoms with van der Waals surface area (Å²) < 4.78 is 11.8. The number of carbonyl (C=O) groups is 2. The van der Waals surface area contributed by atoms with Crippen molar-refractivity contribution in [3.63, 3.8) is 0 Å². The minimum Gasteiger partial charge on any atom is -0.467 e. The van der Waals surface area contributed by atoms with Gasteiger partial charge >= 0.3 is 12.1 Å². The fourth-order valence-corrected chi connectivity index (χ4v) is 4.53. The van der Waals surface area contributed by atoms with Crippen molar-refractivity contribution in [2.75, 3.05) is 17.3 Å². The maximum atomic E-state index is 13.6. The third-order valence-corrected chi connectivity index (χ3v) is 6.51. The van der Waals surface area contributed by atoms with E-state index < -0.39 is 17.2 Å². The second-order valence-corrected chi connectivity index (χ2v) is 10.3. The minimum absolute atomic E-state index is 0.0480. The molecule has 0 bridgehead atoms. The average molecular weight is 546 g/mol. The van der Waals surface area contributed by atoms with Gasteiger partial charge in [-0.05, 0) is 70.4 Å². The van der Waals surface area contributed by atoms with Gasteiger partial charge in [0.2, 0.25) is 0 Å². The number of nitrogens with zero attached hydrogens (tertiary/aromatic N) is 1. The van der Waals surface area contributed by atoms with E-state index in [-0.39, 0.29) is 12.0 Å². The second-order valence-electron chi connectivity index (χ2n) is 9.41. The number of anilines is 2. The van der Waals surface area contributed by atoms with E-state index in [1.54, 1.807) is 12.1 Å². The zero-order valence-electron chi connectivity index (χ0n) is 21.8. The van der Waals surface area contributed by atoms with Gasteiger partial charge in [-0.15, -0.1) is 0 Å². The van der Waals surface area contributed by atoms with Crippen molar-refractivity contribution in [2.45, 2.75) is 71.6 Å². The Morgan fingerprint density at radius 2 is 1.77 bits per heavy atom. The first-order chi connectivity index (χ1) is 16.4. The second kappa shape index (κ2) is 11.8. The lowest BCUT2D eigenvalue weighted by atomic mass is 9.82. The molecule has 0 aliphatic carbocycles. The SMILES string of the molecule is C=Cc1c(NC(=O)OC(C)(C)C)cccc1N(C(C)CC)C(CC)(C(=O)OC)c1ccc(Br)cc1. The minimum atomic E-state index is -1.10. The molecule has 0 saturated carbocycles. The topological polar surface area (TPSA) is 67.9 Å². The molecule has 35 heavy (non-hydrogen) atoms. The molecule has 0 aromatic heterocycles. The molecule has 1 N–H and O–H groups in total. The number of nitrogens with one attached hydrogen (secondary N) is 1. The van der Waals surface area contributed by atoms with Crippen LogP contribution in [0.2, 0.25) is 0 Å². The van der Waals surface area contributed by atoms with E-state index >= 15 is 0 Å². The normalized spacial score (nSPS) is 13.8. The highest BCUT2D eigenvalue weighted by Crippen LogP contribution is 2.43. The number of esters is 1. The van der Waals surface area contributed by atoms with Crippen molar-refractivity contribution in [1.82, 2.24) is 0 Å². The van der Waals surface area contributed by atoms with Gasteiger partial charge < -0.3 is 14.4 Å². The summed E-state index contributed by atoms with van der Waals surface area (Å²) >= 11 is 3.49. The lowest BCUT2D eigenvalue weighted by Gasteiger charge is -2.47. The molecule has 2 aromatic carbocycles. The maximum absolute atomic E-state index is 13.6.